The van der Waals surface area contributed by atoms with Crippen molar-refractivity contribution in [2.75, 3.05) is 14.2 Å². The number of aryl methyl sites for hydroxylation is 1. The lowest BCUT2D eigenvalue weighted by molar-refractivity contribution is -0.134. The second-order valence-electron chi connectivity index (χ2n) is 4.79. The van der Waals surface area contributed by atoms with Gasteiger partial charge < -0.3 is 9.47 Å². The van der Waals surface area contributed by atoms with Gasteiger partial charge in [0.05, 0.1) is 19.9 Å². The fourth-order valence-corrected chi connectivity index (χ4v) is 1.88. The van der Waals surface area contributed by atoms with Crippen LogP contribution in [0, 0.1) is 6.92 Å². The van der Waals surface area contributed by atoms with Gasteiger partial charge in [-0.3, -0.25) is 4.98 Å². The van der Waals surface area contributed by atoms with Crippen LogP contribution in [-0.2, 0) is 9.53 Å². The Balaban J connectivity index is 2.31. The third kappa shape index (κ3) is 4.63. The Kier molecular flexibility index (Phi) is 6.00. The fourth-order valence-electron chi connectivity index (χ4n) is 1.88. The highest BCUT2D eigenvalue weighted by Gasteiger charge is 2.01. The van der Waals surface area contributed by atoms with Crippen LogP contribution in [-0.4, -0.2) is 31.2 Å². The molecule has 24 heavy (non-hydrogen) atoms. The summed E-state index contributed by atoms with van der Waals surface area (Å²) in [4.78, 5) is 23.6. The number of pyridine rings is 1. The highest BCUT2D eigenvalue weighted by Crippen LogP contribution is 2.27. The molecule has 0 saturated heterocycles. The van der Waals surface area contributed by atoms with E-state index in [2.05, 4.69) is 25.7 Å². The van der Waals surface area contributed by atoms with Crippen LogP contribution in [0.15, 0.2) is 52.7 Å². The van der Waals surface area contributed by atoms with E-state index in [0.717, 1.165) is 5.56 Å². The standard InChI is InChI=1S/C18H17N3O3/c1-13-4-6-17(23-2)16(10-13)21-12-20-15-8-9-19-11-14(15)5-7-18(22)24-3/h4-11H,1-3H3/b7-5+. The molecule has 1 aromatic heterocycles. The maximum Gasteiger partial charge on any atom is 0.330 e. The van der Waals surface area contributed by atoms with E-state index in [-0.39, 0.29) is 0 Å². The second kappa shape index (κ2) is 8.41. The summed E-state index contributed by atoms with van der Waals surface area (Å²) >= 11 is 0. The summed E-state index contributed by atoms with van der Waals surface area (Å²) in [6, 6.07) is 10.0. The van der Waals surface area contributed by atoms with E-state index in [4.69, 9.17) is 4.74 Å². The molecule has 0 amide bonds. The normalized spacial score (nSPS) is 10.1. The average Bonchev–Trinajstić information content (AvgIpc) is 2.60. The van der Waals surface area contributed by atoms with Crippen LogP contribution in [0.5, 0.6) is 5.75 Å². The zero-order chi connectivity index (χ0) is 17.4. The number of hydrogen-bond donors (Lipinski definition) is 0. The highest BCUT2D eigenvalue weighted by atomic mass is 16.5. The van der Waals surface area contributed by atoms with Gasteiger partial charge in [-0.1, -0.05) is 6.07 Å². The first-order valence-corrected chi connectivity index (χ1v) is 7.15. The largest absolute Gasteiger partial charge is 0.494 e. The van der Waals surface area contributed by atoms with Gasteiger partial charge in [-0.15, -0.1) is 0 Å². The first kappa shape index (κ1) is 17.1. The SMILES string of the molecule is COC(=O)/C=C/c1cnccc1N=C=Nc1cc(C)ccc1OC. The molecule has 0 radical (unpaired) electrons. The molecule has 0 spiro atoms. The molecule has 0 fully saturated rings. The Hall–Kier alpha value is -3.24. The summed E-state index contributed by atoms with van der Waals surface area (Å²) in [5, 5.41) is 0. The molecule has 0 saturated carbocycles. The van der Waals surface area contributed by atoms with Crippen molar-refractivity contribution in [2.24, 2.45) is 9.98 Å². The van der Waals surface area contributed by atoms with E-state index in [1.54, 1.807) is 31.6 Å². The number of methoxy groups -OCH3 is 2. The summed E-state index contributed by atoms with van der Waals surface area (Å²) in [5.74, 6) is 0.191. The minimum atomic E-state index is -0.452. The molecule has 0 unspecified atom stereocenters. The maximum atomic E-state index is 11.2. The minimum Gasteiger partial charge on any atom is -0.494 e. The number of aliphatic imine (C=N–C) groups is 2. The van der Waals surface area contributed by atoms with Crippen LogP contribution in [0.3, 0.4) is 0 Å². The number of nitrogens with zero attached hydrogens (tertiary/aromatic N) is 3. The third-order valence-electron chi connectivity index (χ3n) is 3.10. The summed E-state index contributed by atoms with van der Waals surface area (Å²) in [6.07, 6.45) is 6.07. The Bertz CT molecular complexity index is 822. The molecular formula is C18H17N3O3. The molecular weight excluding hydrogens is 306 g/mol. The molecule has 0 aliphatic heterocycles. The summed E-state index contributed by atoms with van der Waals surface area (Å²) in [6.45, 7) is 1.97. The number of carbonyl (C=O) groups is 1. The number of esters is 1. The smallest absolute Gasteiger partial charge is 0.330 e. The Morgan fingerprint density at radius 2 is 2.00 bits per heavy atom. The van der Waals surface area contributed by atoms with Crippen LogP contribution in [0.25, 0.3) is 6.08 Å². The number of ether oxygens (including phenoxy) is 2. The average molecular weight is 323 g/mol. The van der Waals surface area contributed by atoms with Crippen molar-refractivity contribution >= 4 is 29.4 Å². The van der Waals surface area contributed by atoms with Crippen molar-refractivity contribution in [1.82, 2.24) is 4.98 Å². The van der Waals surface area contributed by atoms with Gasteiger partial charge in [-0.2, -0.15) is 9.98 Å². The molecule has 1 heterocycles. The number of carbonyl (C=O) groups excluding carboxylic acids is 1. The van der Waals surface area contributed by atoms with Crippen molar-refractivity contribution in [1.29, 1.82) is 0 Å². The van der Waals surface area contributed by atoms with E-state index in [1.165, 1.54) is 13.2 Å². The zero-order valence-electron chi connectivity index (χ0n) is 13.7. The number of benzene rings is 1. The predicted molar refractivity (Wildman–Crippen MR) is 92.2 cm³/mol. The van der Waals surface area contributed by atoms with E-state index < -0.39 is 5.97 Å². The van der Waals surface area contributed by atoms with Gasteiger partial charge >= 0.3 is 5.97 Å². The monoisotopic (exact) mass is 323 g/mol. The van der Waals surface area contributed by atoms with Crippen LogP contribution in [0.2, 0.25) is 0 Å². The quantitative estimate of drug-likeness (QED) is 0.477. The molecule has 6 nitrogen and oxygen atoms in total. The topological polar surface area (TPSA) is 73.1 Å². The molecule has 2 rings (SSSR count). The Morgan fingerprint density at radius 3 is 2.75 bits per heavy atom. The lowest BCUT2D eigenvalue weighted by atomic mass is 10.2. The van der Waals surface area contributed by atoms with Crippen LogP contribution >= 0.6 is 0 Å². The number of rotatable bonds is 5. The van der Waals surface area contributed by atoms with E-state index >= 15 is 0 Å². The zero-order valence-corrected chi connectivity index (χ0v) is 13.7. The highest BCUT2D eigenvalue weighted by molar-refractivity contribution is 5.88. The molecule has 0 aliphatic rings. The maximum absolute atomic E-state index is 11.2. The van der Waals surface area contributed by atoms with Crippen LogP contribution in [0.1, 0.15) is 11.1 Å². The van der Waals surface area contributed by atoms with Gasteiger partial charge in [0.1, 0.15) is 17.4 Å². The lowest BCUT2D eigenvalue weighted by Gasteiger charge is -2.03. The molecule has 6 heteroatoms. The van der Waals surface area contributed by atoms with Crippen molar-refractivity contribution in [2.45, 2.75) is 6.92 Å². The number of hydrogen-bond acceptors (Lipinski definition) is 6. The summed E-state index contributed by atoms with van der Waals surface area (Å²) in [7, 11) is 2.90. The van der Waals surface area contributed by atoms with Gasteiger partial charge in [-0.25, -0.2) is 4.79 Å². The Morgan fingerprint density at radius 1 is 1.21 bits per heavy atom. The van der Waals surface area contributed by atoms with Gasteiger partial charge in [-0.05, 0) is 36.8 Å². The predicted octanol–water partition coefficient (Wildman–Crippen LogP) is 3.72. The van der Waals surface area contributed by atoms with Gasteiger partial charge in [0.2, 0.25) is 0 Å². The lowest BCUT2D eigenvalue weighted by Crippen LogP contribution is -1.93. The van der Waals surface area contributed by atoms with Gasteiger partial charge in [0.25, 0.3) is 0 Å². The van der Waals surface area contributed by atoms with Crippen LogP contribution < -0.4 is 4.74 Å². The number of aromatic nitrogens is 1. The first-order valence-electron chi connectivity index (χ1n) is 7.15. The molecule has 0 aliphatic carbocycles. The van der Waals surface area contributed by atoms with Crippen molar-refractivity contribution in [3.63, 3.8) is 0 Å². The molecule has 122 valence electrons. The molecule has 1 aromatic carbocycles. The van der Waals surface area contributed by atoms with Crippen molar-refractivity contribution in [3.8, 4) is 5.75 Å². The first-order chi connectivity index (χ1) is 11.6. The minimum absolute atomic E-state index is 0.452. The third-order valence-corrected chi connectivity index (χ3v) is 3.10. The van der Waals surface area contributed by atoms with Crippen LogP contribution in [0.4, 0.5) is 11.4 Å². The second-order valence-corrected chi connectivity index (χ2v) is 4.79. The molecule has 0 bridgehead atoms. The van der Waals surface area contributed by atoms with E-state index in [1.807, 2.05) is 25.1 Å². The van der Waals surface area contributed by atoms with Crippen molar-refractivity contribution in [3.05, 3.63) is 53.9 Å². The molecule has 0 atom stereocenters. The van der Waals surface area contributed by atoms with E-state index in [0.29, 0.717) is 22.7 Å². The molecule has 0 N–H and O–H groups in total. The fraction of sp³-hybridized carbons (Fsp3) is 0.167. The summed E-state index contributed by atoms with van der Waals surface area (Å²) in [5.41, 5.74) is 2.94. The van der Waals surface area contributed by atoms with Gasteiger partial charge in [0.15, 0.2) is 0 Å². The summed E-state index contributed by atoms with van der Waals surface area (Å²) < 4.78 is 9.82. The molecule has 2 aromatic rings. The Labute approximate surface area is 140 Å². The van der Waals surface area contributed by atoms with Crippen molar-refractivity contribution < 1.29 is 14.3 Å². The van der Waals surface area contributed by atoms with E-state index in [9.17, 15) is 4.79 Å². The van der Waals surface area contributed by atoms with Gasteiger partial charge in [0, 0.05) is 24.0 Å².